The van der Waals surface area contributed by atoms with Crippen LogP contribution >= 0.6 is 0 Å². The second kappa shape index (κ2) is 6.15. The molecule has 0 amide bonds. The molecule has 1 N–H and O–H groups in total. The van der Waals surface area contributed by atoms with E-state index in [0.717, 1.165) is 30.7 Å². The van der Waals surface area contributed by atoms with Crippen LogP contribution < -0.4 is 5.32 Å². The molecule has 0 radical (unpaired) electrons. The zero-order chi connectivity index (χ0) is 12.1. The van der Waals surface area contributed by atoms with Gasteiger partial charge in [-0.1, -0.05) is 13.3 Å². The van der Waals surface area contributed by atoms with Gasteiger partial charge in [-0.15, -0.1) is 10.2 Å². The van der Waals surface area contributed by atoms with Gasteiger partial charge in [-0.2, -0.15) is 0 Å². The van der Waals surface area contributed by atoms with Crippen molar-refractivity contribution in [1.29, 1.82) is 0 Å². The Morgan fingerprint density at radius 1 is 1.35 bits per heavy atom. The molecule has 96 valence electrons. The third-order valence-electron chi connectivity index (χ3n) is 4.01. The quantitative estimate of drug-likeness (QED) is 0.849. The second-order valence-electron chi connectivity index (χ2n) is 5.19. The van der Waals surface area contributed by atoms with Crippen molar-refractivity contribution in [1.82, 2.24) is 20.1 Å². The van der Waals surface area contributed by atoms with Crippen molar-refractivity contribution >= 4 is 0 Å². The van der Waals surface area contributed by atoms with E-state index in [2.05, 4.69) is 22.4 Å². The largest absolute Gasteiger partial charge is 0.321 e. The van der Waals surface area contributed by atoms with E-state index >= 15 is 0 Å². The Balaban J connectivity index is 1.65. The van der Waals surface area contributed by atoms with E-state index in [1.165, 1.54) is 32.1 Å². The van der Waals surface area contributed by atoms with Crippen LogP contribution in [0.25, 0.3) is 0 Å². The van der Waals surface area contributed by atoms with Gasteiger partial charge in [-0.05, 0) is 31.6 Å². The minimum absolute atomic E-state index is 0.728. The van der Waals surface area contributed by atoms with Gasteiger partial charge in [0.25, 0.3) is 0 Å². The molecule has 1 aliphatic carbocycles. The summed E-state index contributed by atoms with van der Waals surface area (Å²) in [5.74, 6) is 2.05. The number of hydrogen-bond acceptors (Lipinski definition) is 3. The third kappa shape index (κ3) is 3.53. The lowest BCUT2D eigenvalue weighted by Crippen LogP contribution is -2.34. The summed E-state index contributed by atoms with van der Waals surface area (Å²) in [6.07, 6.45) is 9.59. The highest BCUT2D eigenvalue weighted by molar-refractivity contribution is 4.86. The van der Waals surface area contributed by atoms with Gasteiger partial charge < -0.3 is 9.88 Å². The van der Waals surface area contributed by atoms with Crippen molar-refractivity contribution in [3.8, 4) is 0 Å². The molecule has 1 aliphatic rings. The highest BCUT2D eigenvalue weighted by Gasteiger charge is 2.19. The van der Waals surface area contributed by atoms with E-state index in [1.807, 2.05) is 11.6 Å². The summed E-state index contributed by atoms with van der Waals surface area (Å²) in [5.41, 5.74) is 0. The van der Waals surface area contributed by atoms with Crippen molar-refractivity contribution in [2.45, 2.75) is 51.5 Å². The van der Waals surface area contributed by atoms with Crippen LogP contribution in [0.3, 0.4) is 0 Å². The lowest BCUT2D eigenvalue weighted by Gasteiger charge is -2.28. The van der Waals surface area contributed by atoms with Gasteiger partial charge in [0.15, 0.2) is 0 Å². The summed E-state index contributed by atoms with van der Waals surface area (Å²) in [5, 5.41) is 11.6. The van der Waals surface area contributed by atoms with Gasteiger partial charge in [-0.25, -0.2) is 0 Å². The fourth-order valence-corrected chi connectivity index (χ4v) is 2.70. The van der Waals surface area contributed by atoms with E-state index in [9.17, 15) is 0 Å². The molecular weight excluding hydrogens is 212 g/mol. The third-order valence-corrected chi connectivity index (χ3v) is 4.01. The number of rotatable bonds is 5. The van der Waals surface area contributed by atoms with Crippen LogP contribution in [0.4, 0.5) is 0 Å². The number of nitrogens with one attached hydrogen (secondary N) is 1. The predicted molar refractivity (Wildman–Crippen MR) is 68.7 cm³/mol. The van der Waals surface area contributed by atoms with Crippen molar-refractivity contribution in [2.24, 2.45) is 13.0 Å². The molecule has 4 heteroatoms. The molecule has 4 nitrogen and oxygen atoms in total. The monoisotopic (exact) mass is 236 g/mol. The zero-order valence-electron chi connectivity index (χ0n) is 11.0. The fourth-order valence-electron chi connectivity index (χ4n) is 2.70. The number of aryl methyl sites for hydroxylation is 1. The highest BCUT2D eigenvalue weighted by atomic mass is 15.2. The zero-order valence-corrected chi connectivity index (χ0v) is 11.0. The fraction of sp³-hybridized carbons (Fsp3) is 0.846. The summed E-state index contributed by atoms with van der Waals surface area (Å²) in [6, 6.07) is 0.728. The van der Waals surface area contributed by atoms with E-state index in [4.69, 9.17) is 0 Å². The number of hydrogen-bond donors (Lipinski definition) is 1. The highest BCUT2D eigenvalue weighted by Crippen LogP contribution is 2.26. The van der Waals surface area contributed by atoms with Gasteiger partial charge in [0.2, 0.25) is 0 Å². The van der Waals surface area contributed by atoms with Crippen LogP contribution in [0.15, 0.2) is 6.33 Å². The Kier molecular flexibility index (Phi) is 4.54. The van der Waals surface area contributed by atoms with Crippen LogP contribution in [-0.4, -0.2) is 27.4 Å². The number of nitrogens with zero attached hydrogens (tertiary/aromatic N) is 3. The summed E-state index contributed by atoms with van der Waals surface area (Å²) in [7, 11) is 2.00. The molecule has 0 saturated heterocycles. The van der Waals surface area contributed by atoms with Crippen LogP contribution in [0.5, 0.6) is 0 Å². The van der Waals surface area contributed by atoms with Crippen LogP contribution in [0.1, 0.15) is 44.9 Å². The van der Waals surface area contributed by atoms with Crippen LogP contribution in [0, 0.1) is 5.92 Å². The maximum absolute atomic E-state index is 4.10. The molecule has 0 atom stereocenters. The van der Waals surface area contributed by atoms with Crippen molar-refractivity contribution in [3.05, 3.63) is 12.2 Å². The molecule has 2 rings (SSSR count). The van der Waals surface area contributed by atoms with Crippen molar-refractivity contribution < 1.29 is 0 Å². The SMILES string of the molecule is CCC1CCC(NCCc2nncn2C)CC1. The first kappa shape index (κ1) is 12.6. The minimum Gasteiger partial charge on any atom is -0.321 e. The number of aromatic nitrogens is 3. The van der Waals surface area contributed by atoms with Crippen LogP contribution in [0.2, 0.25) is 0 Å². The molecule has 1 aromatic heterocycles. The second-order valence-corrected chi connectivity index (χ2v) is 5.19. The van der Waals surface area contributed by atoms with E-state index in [1.54, 1.807) is 6.33 Å². The smallest absolute Gasteiger partial charge is 0.133 e. The maximum Gasteiger partial charge on any atom is 0.133 e. The standard InChI is InChI=1S/C13H24N4/c1-3-11-4-6-12(7-5-11)14-9-8-13-16-15-10-17(13)2/h10-12,14H,3-9H2,1-2H3. The van der Waals surface area contributed by atoms with Gasteiger partial charge in [0.05, 0.1) is 0 Å². The Labute approximate surface area is 104 Å². The van der Waals surface area contributed by atoms with Gasteiger partial charge in [-0.3, -0.25) is 0 Å². The van der Waals surface area contributed by atoms with Crippen LogP contribution in [-0.2, 0) is 13.5 Å². The Hall–Kier alpha value is -0.900. The van der Waals surface area contributed by atoms with Gasteiger partial charge in [0, 0.05) is 26.1 Å². The molecule has 0 aliphatic heterocycles. The molecule has 0 unspecified atom stereocenters. The first-order valence-corrected chi connectivity index (χ1v) is 6.85. The molecule has 0 spiro atoms. The average Bonchev–Trinajstić information content (AvgIpc) is 2.76. The Morgan fingerprint density at radius 3 is 2.71 bits per heavy atom. The molecular formula is C13H24N4. The topological polar surface area (TPSA) is 42.7 Å². The summed E-state index contributed by atoms with van der Waals surface area (Å²) < 4.78 is 2.00. The maximum atomic E-state index is 4.10. The molecule has 0 aromatic carbocycles. The molecule has 1 aromatic rings. The molecule has 1 fully saturated rings. The predicted octanol–water partition coefficient (Wildman–Crippen LogP) is 1.92. The summed E-state index contributed by atoms with van der Waals surface area (Å²) >= 11 is 0. The molecule has 17 heavy (non-hydrogen) atoms. The molecule has 1 saturated carbocycles. The molecule has 1 heterocycles. The van der Waals surface area contributed by atoms with Gasteiger partial charge >= 0.3 is 0 Å². The summed E-state index contributed by atoms with van der Waals surface area (Å²) in [6.45, 7) is 3.33. The van der Waals surface area contributed by atoms with E-state index in [-0.39, 0.29) is 0 Å². The Morgan fingerprint density at radius 2 is 2.12 bits per heavy atom. The normalized spacial score (nSPS) is 25.1. The first-order valence-electron chi connectivity index (χ1n) is 6.85. The van der Waals surface area contributed by atoms with E-state index < -0.39 is 0 Å². The average molecular weight is 236 g/mol. The lowest BCUT2D eigenvalue weighted by molar-refractivity contribution is 0.287. The minimum atomic E-state index is 0.728. The first-order chi connectivity index (χ1) is 8.29. The van der Waals surface area contributed by atoms with Gasteiger partial charge in [0.1, 0.15) is 12.2 Å². The Bertz CT molecular complexity index is 326. The van der Waals surface area contributed by atoms with E-state index in [0.29, 0.717) is 0 Å². The summed E-state index contributed by atoms with van der Waals surface area (Å²) in [4.78, 5) is 0. The lowest BCUT2D eigenvalue weighted by atomic mass is 9.84. The van der Waals surface area contributed by atoms with Crippen molar-refractivity contribution in [3.63, 3.8) is 0 Å². The van der Waals surface area contributed by atoms with Crippen molar-refractivity contribution in [2.75, 3.05) is 6.54 Å². The molecule has 0 bridgehead atoms.